The van der Waals surface area contributed by atoms with E-state index in [1.165, 1.54) is 6.08 Å². The number of hydrogen-bond donors (Lipinski definition) is 1. The Bertz CT molecular complexity index is 419. The minimum absolute atomic E-state index is 0.0411. The molecule has 0 amide bonds. The summed E-state index contributed by atoms with van der Waals surface area (Å²) in [5.74, 6) is -2.56. The molecule has 1 unspecified atom stereocenters. The first-order chi connectivity index (χ1) is 8.51. The van der Waals surface area contributed by atoms with Crippen LogP contribution in [0.3, 0.4) is 0 Å². The number of carboxylic acids is 1. The van der Waals surface area contributed by atoms with Crippen LogP contribution < -0.4 is 0 Å². The molecule has 0 heterocycles. The first kappa shape index (κ1) is 17.9. The SMILES string of the molecule is C=CCCC(C(=O)O)N(C)S(=O)(=O)CCC(F)(F)F. The van der Waals surface area contributed by atoms with Crippen LogP contribution >= 0.6 is 0 Å². The Labute approximate surface area is 109 Å². The Morgan fingerprint density at radius 3 is 2.37 bits per heavy atom. The molecule has 0 spiro atoms. The highest BCUT2D eigenvalue weighted by atomic mass is 32.2. The van der Waals surface area contributed by atoms with Crippen LogP contribution in [0.4, 0.5) is 13.2 Å². The number of allylic oxidation sites excluding steroid dienone is 1. The third kappa shape index (κ3) is 6.58. The molecule has 19 heavy (non-hydrogen) atoms. The second-order valence-electron chi connectivity index (χ2n) is 3.92. The van der Waals surface area contributed by atoms with Crippen LogP contribution in [-0.4, -0.2) is 48.8 Å². The summed E-state index contributed by atoms with van der Waals surface area (Å²) in [6.45, 7) is 3.37. The Morgan fingerprint density at radius 1 is 1.47 bits per heavy atom. The number of sulfonamides is 1. The third-order valence-corrected chi connectivity index (χ3v) is 4.30. The molecule has 0 aromatic carbocycles. The van der Waals surface area contributed by atoms with Gasteiger partial charge < -0.3 is 5.11 Å². The number of halogens is 3. The first-order valence-corrected chi connectivity index (χ1v) is 6.98. The fourth-order valence-corrected chi connectivity index (χ4v) is 2.68. The van der Waals surface area contributed by atoms with Gasteiger partial charge >= 0.3 is 12.1 Å². The maximum Gasteiger partial charge on any atom is 0.390 e. The lowest BCUT2D eigenvalue weighted by molar-refractivity contribution is -0.141. The predicted octanol–water partition coefficient (Wildman–Crippen LogP) is 1.62. The average molecular weight is 303 g/mol. The van der Waals surface area contributed by atoms with Gasteiger partial charge in [0.05, 0.1) is 12.2 Å². The van der Waals surface area contributed by atoms with Crippen LogP contribution in [0.2, 0.25) is 0 Å². The average Bonchev–Trinajstić information content (AvgIpc) is 2.25. The second-order valence-corrected chi connectivity index (χ2v) is 6.07. The summed E-state index contributed by atoms with van der Waals surface area (Å²) < 4.78 is 59.7. The van der Waals surface area contributed by atoms with Gasteiger partial charge in [0.2, 0.25) is 10.0 Å². The fourth-order valence-electron chi connectivity index (χ4n) is 1.32. The lowest BCUT2D eigenvalue weighted by Gasteiger charge is -2.24. The molecule has 0 saturated carbocycles. The van der Waals surface area contributed by atoms with Crippen molar-refractivity contribution in [3.8, 4) is 0 Å². The molecule has 9 heteroatoms. The van der Waals surface area contributed by atoms with Crippen molar-refractivity contribution >= 4 is 16.0 Å². The van der Waals surface area contributed by atoms with Gasteiger partial charge in [-0.15, -0.1) is 6.58 Å². The summed E-state index contributed by atoms with van der Waals surface area (Å²) in [5, 5.41) is 8.90. The summed E-state index contributed by atoms with van der Waals surface area (Å²) >= 11 is 0. The monoisotopic (exact) mass is 303 g/mol. The van der Waals surface area contributed by atoms with Gasteiger partial charge in [0, 0.05) is 7.05 Å². The first-order valence-electron chi connectivity index (χ1n) is 5.37. The molecule has 0 radical (unpaired) electrons. The Balaban J connectivity index is 4.86. The number of alkyl halides is 3. The third-order valence-electron chi connectivity index (χ3n) is 2.45. The van der Waals surface area contributed by atoms with Gasteiger partial charge in [0.25, 0.3) is 0 Å². The second kappa shape index (κ2) is 6.90. The molecule has 0 rings (SSSR count). The van der Waals surface area contributed by atoms with Crippen molar-refractivity contribution in [2.45, 2.75) is 31.5 Å². The van der Waals surface area contributed by atoms with Crippen molar-refractivity contribution < 1.29 is 31.5 Å². The van der Waals surface area contributed by atoms with Crippen molar-refractivity contribution in [3.05, 3.63) is 12.7 Å². The van der Waals surface area contributed by atoms with Gasteiger partial charge in [-0.25, -0.2) is 8.42 Å². The Hall–Kier alpha value is -1.09. The molecule has 0 aromatic heterocycles. The van der Waals surface area contributed by atoms with E-state index in [4.69, 9.17) is 5.11 Å². The molecular weight excluding hydrogens is 287 g/mol. The highest BCUT2D eigenvalue weighted by Crippen LogP contribution is 2.22. The van der Waals surface area contributed by atoms with Crippen LogP contribution in [0.15, 0.2) is 12.7 Å². The van der Waals surface area contributed by atoms with Crippen molar-refractivity contribution in [2.75, 3.05) is 12.8 Å². The van der Waals surface area contributed by atoms with Gasteiger partial charge in [-0.1, -0.05) is 6.08 Å². The molecule has 1 atom stereocenters. The van der Waals surface area contributed by atoms with Gasteiger partial charge in [-0.2, -0.15) is 17.5 Å². The van der Waals surface area contributed by atoms with E-state index in [0.717, 1.165) is 7.05 Å². The molecule has 0 aliphatic carbocycles. The van der Waals surface area contributed by atoms with Crippen molar-refractivity contribution in [1.29, 1.82) is 0 Å². The zero-order valence-corrected chi connectivity index (χ0v) is 11.2. The van der Waals surface area contributed by atoms with Crippen LogP contribution in [0.5, 0.6) is 0 Å². The van der Waals surface area contributed by atoms with E-state index >= 15 is 0 Å². The van der Waals surface area contributed by atoms with E-state index in [1.807, 2.05) is 0 Å². The number of carbonyl (C=O) groups is 1. The van der Waals surface area contributed by atoms with Crippen molar-refractivity contribution in [2.24, 2.45) is 0 Å². The summed E-state index contributed by atoms with van der Waals surface area (Å²) in [4.78, 5) is 10.9. The molecule has 5 nitrogen and oxygen atoms in total. The lowest BCUT2D eigenvalue weighted by Crippen LogP contribution is -2.43. The van der Waals surface area contributed by atoms with E-state index in [0.29, 0.717) is 4.31 Å². The minimum atomic E-state index is -4.60. The van der Waals surface area contributed by atoms with Crippen molar-refractivity contribution in [3.63, 3.8) is 0 Å². The van der Waals surface area contributed by atoms with Crippen LogP contribution in [0, 0.1) is 0 Å². The standard InChI is InChI=1S/C10H16F3NO4S/c1-3-4-5-8(9(15)16)14(2)19(17,18)7-6-10(11,12)13/h3,8H,1,4-7H2,2H3,(H,15,16). The number of hydrogen-bond acceptors (Lipinski definition) is 3. The maximum absolute atomic E-state index is 12.0. The largest absolute Gasteiger partial charge is 0.480 e. The van der Waals surface area contributed by atoms with Gasteiger partial charge in [0.1, 0.15) is 6.04 Å². The molecular formula is C10H16F3NO4S. The van der Waals surface area contributed by atoms with Crippen LogP contribution in [-0.2, 0) is 14.8 Å². The summed E-state index contributed by atoms with van der Waals surface area (Å²) in [5.41, 5.74) is 0. The zero-order chi connectivity index (χ0) is 15.3. The summed E-state index contributed by atoms with van der Waals surface area (Å²) in [6.07, 6.45) is -4.50. The molecule has 0 fully saturated rings. The normalized spacial score (nSPS) is 14.4. The quantitative estimate of drug-likeness (QED) is 0.691. The molecule has 1 N–H and O–H groups in total. The van der Waals surface area contributed by atoms with Gasteiger partial charge in [-0.05, 0) is 12.8 Å². The molecule has 0 aliphatic rings. The van der Waals surface area contributed by atoms with Crippen LogP contribution in [0.25, 0.3) is 0 Å². The van der Waals surface area contributed by atoms with E-state index in [2.05, 4.69) is 6.58 Å². The Kier molecular flexibility index (Phi) is 6.50. The zero-order valence-electron chi connectivity index (χ0n) is 10.4. The predicted molar refractivity (Wildman–Crippen MR) is 63.1 cm³/mol. The highest BCUT2D eigenvalue weighted by molar-refractivity contribution is 7.89. The number of rotatable bonds is 8. The van der Waals surface area contributed by atoms with E-state index in [9.17, 15) is 26.4 Å². The molecule has 0 aliphatic heterocycles. The lowest BCUT2D eigenvalue weighted by atomic mass is 10.1. The van der Waals surface area contributed by atoms with Gasteiger partial charge in [0.15, 0.2) is 0 Å². The van der Waals surface area contributed by atoms with Crippen molar-refractivity contribution in [1.82, 2.24) is 4.31 Å². The van der Waals surface area contributed by atoms with E-state index in [1.54, 1.807) is 0 Å². The number of carboxylic acid groups (broad SMARTS) is 1. The maximum atomic E-state index is 12.0. The fraction of sp³-hybridized carbons (Fsp3) is 0.700. The Morgan fingerprint density at radius 2 is 2.00 bits per heavy atom. The van der Waals surface area contributed by atoms with Crippen LogP contribution in [0.1, 0.15) is 19.3 Å². The molecule has 112 valence electrons. The summed E-state index contributed by atoms with van der Waals surface area (Å²) in [6, 6.07) is -1.39. The molecule has 0 saturated heterocycles. The summed E-state index contributed by atoms with van der Waals surface area (Å²) in [7, 11) is -3.30. The minimum Gasteiger partial charge on any atom is -0.480 e. The van der Waals surface area contributed by atoms with E-state index < -0.39 is 40.4 Å². The molecule has 0 bridgehead atoms. The molecule has 0 aromatic rings. The number of nitrogens with zero attached hydrogens (tertiary/aromatic N) is 1. The highest BCUT2D eigenvalue weighted by Gasteiger charge is 2.35. The van der Waals surface area contributed by atoms with E-state index in [-0.39, 0.29) is 12.8 Å². The topological polar surface area (TPSA) is 74.7 Å². The smallest absolute Gasteiger partial charge is 0.390 e. The number of aliphatic carboxylic acids is 1. The van der Waals surface area contributed by atoms with Gasteiger partial charge in [-0.3, -0.25) is 4.79 Å². The number of likely N-dealkylation sites (N-methyl/N-ethyl adjacent to an activating group) is 1.